The molecule has 34 heavy (non-hydrogen) atoms. The molecule has 0 aromatic rings. The van der Waals surface area contributed by atoms with Crippen LogP contribution in [-0.4, -0.2) is 97.7 Å². The molecule has 2 fully saturated rings. The van der Waals surface area contributed by atoms with Gasteiger partial charge in [-0.2, -0.15) is 0 Å². The minimum absolute atomic E-state index is 0.0545. The summed E-state index contributed by atoms with van der Waals surface area (Å²) in [6.07, 6.45) is 3.65. The summed E-state index contributed by atoms with van der Waals surface area (Å²) in [4.78, 5) is 66.9. The summed E-state index contributed by atoms with van der Waals surface area (Å²) in [6, 6.07) is -3.01. The molecule has 184 valence electrons. The van der Waals surface area contributed by atoms with Crippen LogP contribution in [0.25, 0.3) is 0 Å². The summed E-state index contributed by atoms with van der Waals surface area (Å²) < 4.78 is 0. The Labute approximate surface area is 200 Å². The quantitative estimate of drug-likeness (QED) is 0.255. The van der Waals surface area contributed by atoms with Crippen molar-refractivity contribution in [1.82, 2.24) is 20.0 Å². The molecule has 5 amide bonds. The monoisotopic (exact) mass is 492 g/mol. The molecular weight excluding hydrogens is 464 g/mol. The van der Waals surface area contributed by atoms with E-state index < -0.39 is 54.0 Å². The Kier molecular flexibility index (Phi) is 6.47. The van der Waals surface area contributed by atoms with Crippen molar-refractivity contribution in [2.45, 2.75) is 51.4 Å². The van der Waals surface area contributed by atoms with Crippen LogP contribution >= 0.6 is 11.8 Å². The first-order chi connectivity index (χ1) is 16.1. The fourth-order valence-corrected chi connectivity index (χ4v) is 6.43. The van der Waals surface area contributed by atoms with Gasteiger partial charge in [0.25, 0.3) is 5.91 Å². The van der Waals surface area contributed by atoms with E-state index in [-0.39, 0.29) is 23.3 Å². The van der Waals surface area contributed by atoms with Crippen LogP contribution in [0.4, 0.5) is 4.79 Å². The summed E-state index contributed by atoms with van der Waals surface area (Å²) in [7, 11) is 0. The Hall–Kier alpha value is -2.86. The highest BCUT2D eigenvalue weighted by atomic mass is 32.2. The van der Waals surface area contributed by atoms with Gasteiger partial charge in [-0.15, -0.1) is 11.8 Å². The molecule has 4 rings (SSSR count). The van der Waals surface area contributed by atoms with Gasteiger partial charge in [-0.1, -0.05) is 19.1 Å². The second kappa shape index (κ2) is 9.06. The number of aliphatic hydroxyl groups excluding tert-OH is 1. The van der Waals surface area contributed by atoms with Crippen molar-refractivity contribution in [3.63, 3.8) is 0 Å². The predicted octanol–water partition coefficient (Wildman–Crippen LogP) is -0.0293. The van der Waals surface area contributed by atoms with Crippen LogP contribution in [0.5, 0.6) is 0 Å². The lowest BCUT2D eigenvalue weighted by molar-refractivity contribution is -0.163. The molecule has 0 spiro atoms. The van der Waals surface area contributed by atoms with Gasteiger partial charge in [0.1, 0.15) is 17.8 Å². The van der Waals surface area contributed by atoms with Crippen LogP contribution in [0.3, 0.4) is 0 Å². The smallest absolute Gasteiger partial charge is 0.353 e. The van der Waals surface area contributed by atoms with Crippen molar-refractivity contribution in [3.8, 4) is 0 Å². The molecule has 12 heteroatoms. The third-order valence-electron chi connectivity index (χ3n) is 6.88. The number of carbonyl (C=O) groups excluding carboxylic acids is 4. The molecule has 0 aromatic carbocycles. The molecule has 0 bridgehead atoms. The van der Waals surface area contributed by atoms with Gasteiger partial charge in [-0.05, 0) is 20.3 Å². The minimum atomic E-state index is -1.26. The highest BCUT2D eigenvalue weighted by Gasteiger charge is 2.60. The average molecular weight is 493 g/mol. The average Bonchev–Trinajstić information content (AvgIpc) is 3.21. The zero-order valence-electron chi connectivity index (χ0n) is 19.1. The number of rotatable bonds is 7. The second-order valence-electron chi connectivity index (χ2n) is 9.01. The highest BCUT2D eigenvalue weighted by molar-refractivity contribution is 8.03. The van der Waals surface area contributed by atoms with Crippen molar-refractivity contribution in [3.05, 3.63) is 22.8 Å². The molecule has 4 aliphatic rings. The van der Waals surface area contributed by atoms with E-state index in [2.05, 4.69) is 5.32 Å². The third-order valence-corrected chi connectivity index (χ3v) is 8.26. The van der Waals surface area contributed by atoms with E-state index in [1.165, 1.54) is 18.7 Å². The number of hydrogen-bond acceptors (Lipinski definition) is 7. The fraction of sp³-hybridized carbons (Fsp3) is 0.591. The van der Waals surface area contributed by atoms with Gasteiger partial charge < -0.3 is 25.3 Å². The third kappa shape index (κ3) is 3.78. The van der Waals surface area contributed by atoms with E-state index in [0.29, 0.717) is 24.4 Å². The summed E-state index contributed by atoms with van der Waals surface area (Å²) in [5.74, 6) is -3.52. The van der Waals surface area contributed by atoms with Crippen molar-refractivity contribution in [2.24, 2.45) is 11.8 Å². The summed E-state index contributed by atoms with van der Waals surface area (Å²) in [6.45, 7) is 5.76. The van der Waals surface area contributed by atoms with E-state index in [1.807, 2.05) is 12.2 Å². The Balaban J connectivity index is 1.46. The van der Waals surface area contributed by atoms with E-state index in [1.54, 1.807) is 11.8 Å². The predicted molar refractivity (Wildman–Crippen MR) is 121 cm³/mol. The normalized spacial score (nSPS) is 30.4. The van der Waals surface area contributed by atoms with Crippen molar-refractivity contribution in [2.75, 3.05) is 18.8 Å². The molecule has 3 N–H and O–H groups in total. The molecule has 0 aliphatic carbocycles. The largest absolute Gasteiger partial charge is 0.477 e. The fourth-order valence-electron chi connectivity index (χ4n) is 5.13. The first-order valence-corrected chi connectivity index (χ1v) is 12.2. The van der Waals surface area contributed by atoms with E-state index in [0.717, 1.165) is 16.7 Å². The number of imide groups is 1. The molecule has 11 nitrogen and oxygen atoms in total. The lowest BCUT2D eigenvalue weighted by atomic mass is 9.79. The lowest BCUT2D eigenvalue weighted by Gasteiger charge is -2.46. The SMILES string of the molecule is CC(C(=O)N1CC=CCC1)N1C(=O)N[C@@H](CSC2=C(C(=O)O)N3C(=O)[C@H]([C@@H](C)O)[C@H]3[C@H]2C)C1=O. The van der Waals surface area contributed by atoms with Gasteiger partial charge in [0.05, 0.1) is 18.1 Å². The number of β-lactam (4-membered cyclic amide) rings is 1. The Bertz CT molecular complexity index is 1010. The topological polar surface area (TPSA) is 148 Å². The van der Waals surface area contributed by atoms with Crippen LogP contribution in [0.2, 0.25) is 0 Å². The van der Waals surface area contributed by atoms with Gasteiger partial charge in [-0.25, -0.2) is 9.59 Å². The van der Waals surface area contributed by atoms with Gasteiger partial charge in [0.2, 0.25) is 11.8 Å². The number of nitrogens with one attached hydrogen (secondary N) is 1. The molecule has 0 radical (unpaired) electrons. The van der Waals surface area contributed by atoms with Crippen LogP contribution in [0.15, 0.2) is 22.8 Å². The molecular formula is C22H28N4O7S. The number of fused-ring (bicyclic) bond motifs is 1. The maximum absolute atomic E-state index is 13.0. The molecule has 0 aromatic heterocycles. The van der Waals surface area contributed by atoms with Crippen molar-refractivity contribution >= 4 is 41.5 Å². The Morgan fingerprint density at radius 2 is 1.91 bits per heavy atom. The van der Waals surface area contributed by atoms with Gasteiger partial charge >= 0.3 is 12.0 Å². The summed E-state index contributed by atoms with van der Waals surface area (Å²) in [5, 5.41) is 22.3. The van der Waals surface area contributed by atoms with E-state index >= 15 is 0 Å². The zero-order chi connectivity index (χ0) is 24.9. The van der Waals surface area contributed by atoms with E-state index in [4.69, 9.17) is 0 Å². The molecule has 6 atom stereocenters. The number of carbonyl (C=O) groups is 5. The Morgan fingerprint density at radius 1 is 1.21 bits per heavy atom. The summed E-state index contributed by atoms with van der Waals surface area (Å²) >= 11 is 1.10. The highest BCUT2D eigenvalue weighted by Crippen LogP contribution is 2.50. The number of thioether (sulfide) groups is 1. The molecule has 1 unspecified atom stereocenters. The standard InChI is InChI=1S/C22H28N4O7S/c1-10-15-14(12(3)27)20(30)26(15)16(21(31)32)17(10)34-9-13-19(29)25(22(33)23-13)11(2)18(28)24-7-5-4-6-8-24/h4-5,10-15,27H,6-9H2,1-3H3,(H,23,33)(H,31,32)/t10-,11?,12-,13+,14-,15-/m1/s1. The van der Waals surface area contributed by atoms with Crippen LogP contribution < -0.4 is 5.32 Å². The number of urea groups is 1. The van der Waals surface area contributed by atoms with Crippen LogP contribution in [0.1, 0.15) is 27.2 Å². The number of amides is 5. The van der Waals surface area contributed by atoms with Crippen LogP contribution in [0, 0.1) is 11.8 Å². The number of nitrogens with zero attached hydrogens (tertiary/aromatic N) is 3. The van der Waals surface area contributed by atoms with Crippen molar-refractivity contribution in [1.29, 1.82) is 0 Å². The first kappa shape index (κ1) is 24.3. The van der Waals surface area contributed by atoms with Crippen molar-refractivity contribution < 1.29 is 34.2 Å². The number of aliphatic hydroxyl groups is 1. The van der Waals surface area contributed by atoms with Gasteiger partial charge in [0, 0.05) is 29.7 Å². The molecule has 0 saturated carbocycles. The number of carboxylic acid groups (broad SMARTS) is 1. The van der Waals surface area contributed by atoms with Gasteiger partial charge in [-0.3, -0.25) is 19.3 Å². The molecule has 4 heterocycles. The number of hydrogen-bond donors (Lipinski definition) is 3. The number of aliphatic carboxylic acids is 1. The zero-order valence-corrected chi connectivity index (χ0v) is 19.9. The van der Waals surface area contributed by atoms with E-state index in [9.17, 15) is 34.2 Å². The van der Waals surface area contributed by atoms with Crippen LogP contribution in [-0.2, 0) is 19.2 Å². The first-order valence-electron chi connectivity index (χ1n) is 11.2. The second-order valence-corrected chi connectivity index (χ2v) is 10.1. The maximum atomic E-state index is 13.0. The summed E-state index contributed by atoms with van der Waals surface area (Å²) in [5.41, 5.74) is -0.139. The molecule has 4 aliphatic heterocycles. The molecule has 2 saturated heterocycles. The lowest BCUT2D eigenvalue weighted by Crippen LogP contribution is -2.63. The Morgan fingerprint density at radius 3 is 2.50 bits per heavy atom. The minimum Gasteiger partial charge on any atom is -0.477 e. The van der Waals surface area contributed by atoms with Gasteiger partial charge in [0.15, 0.2) is 0 Å². The number of carboxylic acids is 1. The maximum Gasteiger partial charge on any atom is 0.353 e.